The molecule has 1 aromatic carbocycles. The lowest BCUT2D eigenvalue weighted by atomic mass is 10.0. The summed E-state index contributed by atoms with van der Waals surface area (Å²) in [6, 6.07) is 3.26. The molecule has 0 aliphatic heterocycles. The van der Waals surface area contributed by atoms with Crippen LogP contribution < -0.4 is 5.32 Å². The topological polar surface area (TPSA) is 105 Å². The van der Waals surface area contributed by atoms with Crippen LogP contribution in [0.2, 0.25) is 0 Å². The first kappa shape index (κ1) is 18.6. The molecule has 0 bridgehead atoms. The minimum atomic E-state index is -1.01. The Kier molecular flexibility index (Phi) is 6.27. The summed E-state index contributed by atoms with van der Waals surface area (Å²) in [6.07, 6.45) is 3.15. The van der Waals surface area contributed by atoms with E-state index in [-0.39, 0.29) is 11.5 Å². The van der Waals surface area contributed by atoms with Crippen molar-refractivity contribution in [3.63, 3.8) is 0 Å². The van der Waals surface area contributed by atoms with Crippen molar-refractivity contribution in [1.82, 2.24) is 10.1 Å². The molecule has 0 spiro atoms. The number of carbonyl (C=O) groups is 2. The molecule has 0 unspecified atom stereocenters. The summed E-state index contributed by atoms with van der Waals surface area (Å²) in [5.41, 5.74) is 2.21. The normalized spacial score (nSPS) is 10.7. The van der Waals surface area contributed by atoms with E-state index in [4.69, 9.17) is 4.52 Å². The summed E-state index contributed by atoms with van der Waals surface area (Å²) in [7, 11) is 0. The lowest BCUT2D eigenvalue weighted by molar-refractivity contribution is -0.116. The van der Waals surface area contributed by atoms with Gasteiger partial charge in [0.25, 0.3) is 0 Å². The Morgan fingerprint density at radius 1 is 1.20 bits per heavy atom. The van der Waals surface area contributed by atoms with Gasteiger partial charge in [0.2, 0.25) is 11.8 Å². The van der Waals surface area contributed by atoms with Gasteiger partial charge in [-0.25, -0.2) is 4.79 Å². The summed E-state index contributed by atoms with van der Waals surface area (Å²) in [4.78, 5) is 27.6. The smallest absolute Gasteiger partial charge is 0.336 e. The summed E-state index contributed by atoms with van der Waals surface area (Å²) < 4.78 is 5.13. The average molecular weight is 345 g/mol. The highest BCUT2D eigenvalue weighted by Gasteiger charge is 2.13. The largest absolute Gasteiger partial charge is 0.478 e. The number of anilines is 1. The molecule has 0 atom stereocenters. The highest BCUT2D eigenvalue weighted by molar-refractivity contribution is 5.95. The number of carboxylic acid groups (broad SMARTS) is 1. The minimum Gasteiger partial charge on any atom is -0.478 e. The van der Waals surface area contributed by atoms with E-state index < -0.39 is 5.97 Å². The number of hydrogen-bond acceptors (Lipinski definition) is 5. The van der Waals surface area contributed by atoms with Crippen molar-refractivity contribution in [2.45, 2.75) is 52.9 Å². The fourth-order valence-corrected chi connectivity index (χ4v) is 2.55. The van der Waals surface area contributed by atoms with Gasteiger partial charge in [0.1, 0.15) is 0 Å². The lowest BCUT2D eigenvalue weighted by Crippen LogP contribution is -2.13. The summed E-state index contributed by atoms with van der Waals surface area (Å²) in [6.45, 7) is 5.62. The van der Waals surface area contributed by atoms with Gasteiger partial charge in [0, 0.05) is 24.9 Å². The highest BCUT2D eigenvalue weighted by Crippen LogP contribution is 2.21. The predicted octanol–water partition coefficient (Wildman–Crippen LogP) is 3.30. The Morgan fingerprint density at radius 2 is 1.96 bits per heavy atom. The molecular formula is C18H23N3O4. The number of aryl methyl sites for hydroxylation is 4. The number of aromatic carboxylic acids is 1. The average Bonchev–Trinajstić information content (AvgIpc) is 2.97. The maximum Gasteiger partial charge on any atom is 0.336 e. The van der Waals surface area contributed by atoms with Crippen molar-refractivity contribution in [2.24, 2.45) is 0 Å². The standard InChI is InChI=1S/C18H23N3O4/c1-4-6-15-20-17(25-21-15)8-5-7-16(22)19-14-10-13(18(23)24)11(2)9-12(14)3/h9-10H,4-8H2,1-3H3,(H,19,22)(H,23,24). The molecule has 2 aromatic rings. The second-order valence-electron chi connectivity index (χ2n) is 6.04. The third-order valence-corrected chi connectivity index (χ3v) is 3.85. The molecule has 0 radical (unpaired) electrons. The molecule has 7 heteroatoms. The van der Waals surface area contributed by atoms with Gasteiger partial charge >= 0.3 is 5.97 Å². The van der Waals surface area contributed by atoms with Gasteiger partial charge in [-0.15, -0.1) is 0 Å². The maximum absolute atomic E-state index is 12.1. The molecule has 2 N–H and O–H groups in total. The van der Waals surface area contributed by atoms with Gasteiger partial charge in [-0.2, -0.15) is 4.98 Å². The second-order valence-corrected chi connectivity index (χ2v) is 6.04. The van der Waals surface area contributed by atoms with Crippen molar-refractivity contribution < 1.29 is 19.2 Å². The fourth-order valence-electron chi connectivity index (χ4n) is 2.55. The molecule has 134 valence electrons. The Balaban J connectivity index is 1.89. The molecule has 0 aliphatic rings. The van der Waals surface area contributed by atoms with Gasteiger partial charge in [-0.1, -0.05) is 18.1 Å². The lowest BCUT2D eigenvalue weighted by Gasteiger charge is -2.11. The molecular weight excluding hydrogens is 322 g/mol. The van der Waals surface area contributed by atoms with E-state index in [1.54, 1.807) is 13.0 Å². The number of carboxylic acids is 1. The summed E-state index contributed by atoms with van der Waals surface area (Å²) >= 11 is 0. The van der Waals surface area contributed by atoms with E-state index in [1.807, 2.05) is 13.8 Å². The van der Waals surface area contributed by atoms with Crippen LogP contribution in [0.4, 0.5) is 5.69 Å². The first-order valence-corrected chi connectivity index (χ1v) is 8.36. The zero-order valence-corrected chi connectivity index (χ0v) is 14.8. The predicted molar refractivity (Wildman–Crippen MR) is 92.7 cm³/mol. The van der Waals surface area contributed by atoms with Crippen LogP contribution in [0.25, 0.3) is 0 Å². The number of carbonyl (C=O) groups excluding carboxylic acids is 1. The van der Waals surface area contributed by atoms with E-state index >= 15 is 0 Å². The van der Waals surface area contributed by atoms with Crippen LogP contribution in [0.1, 0.15) is 59.4 Å². The number of hydrogen-bond donors (Lipinski definition) is 2. The molecule has 0 fully saturated rings. The molecule has 0 aliphatic carbocycles. The first-order chi connectivity index (χ1) is 11.9. The van der Waals surface area contributed by atoms with Crippen LogP contribution in [0, 0.1) is 13.8 Å². The van der Waals surface area contributed by atoms with E-state index in [9.17, 15) is 14.7 Å². The number of nitrogens with zero attached hydrogens (tertiary/aromatic N) is 2. The van der Waals surface area contributed by atoms with Crippen molar-refractivity contribution in [3.05, 3.63) is 40.5 Å². The Labute approximate surface area is 146 Å². The Hall–Kier alpha value is -2.70. The van der Waals surface area contributed by atoms with Crippen LogP contribution in [-0.4, -0.2) is 27.1 Å². The zero-order chi connectivity index (χ0) is 18.4. The Morgan fingerprint density at radius 3 is 2.64 bits per heavy atom. The van der Waals surface area contributed by atoms with Crippen LogP contribution >= 0.6 is 0 Å². The SMILES string of the molecule is CCCc1noc(CCCC(=O)Nc2cc(C(=O)O)c(C)cc2C)n1. The molecule has 1 heterocycles. The first-order valence-electron chi connectivity index (χ1n) is 8.36. The third-order valence-electron chi connectivity index (χ3n) is 3.85. The van der Waals surface area contributed by atoms with Crippen molar-refractivity contribution in [2.75, 3.05) is 5.32 Å². The second kappa shape index (κ2) is 8.41. The van der Waals surface area contributed by atoms with Crippen molar-refractivity contribution in [3.8, 4) is 0 Å². The van der Waals surface area contributed by atoms with Crippen molar-refractivity contribution >= 4 is 17.6 Å². The fraction of sp³-hybridized carbons (Fsp3) is 0.444. The summed E-state index contributed by atoms with van der Waals surface area (Å²) in [5.74, 6) is 0.0539. The molecule has 2 rings (SSSR count). The van der Waals surface area contributed by atoms with Crippen LogP contribution in [0.3, 0.4) is 0 Å². The maximum atomic E-state index is 12.1. The van der Waals surface area contributed by atoms with Crippen molar-refractivity contribution in [1.29, 1.82) is 0 Å². The zero-order valence-electron chi connectivity index (χ0n) is 14.8. The van der Waals surface area contributed by atoms with Gasteiger partial charge in [0.15, 0.2) is 5.82 Å². The molecule has 7 nitrogen and oxygen atoms in total. The third kappa shape index (κ3) is 5.14. The van der Waals surface area contributed by atoms with Crippen LogP contribution in [-0.2, 0) is 17.6 Å². The number of amides is 1. The number of nitrogens with one attached hydrogen (secondary N) is 1. The van der Waals surface area contributed by atoms with E-state index in [0.29, 0.717) is 42.2 Å². The molecule has 0 saturated carbocycles. The van der Waals surface area contributed by atoms with E-state index in [2.05, 4.69) is 15.5 Å². The molecule has 25 heavy (non-hydrogen) atoms. The van der Waals surface area contributed by atoms with E-state index in [0.717, 1.165) is 18.4 Å². The van der Waals surface area contributed by atoms with Gasteiger partial charge in [-0.3, -0.25) is 4.79 Å². The van der Waals surface area contributed by atoms with Gasteiger partial charge in [0.05, 0.1) is 5.56 Å². The van der Waals surface area contributed by atoms with Gasteiger partial charge in [-0.05, 0) is 43.9 Å². The quantitative estimate of drug-likeness (QED) is 0.760. The highest BCUT2D eigenvalue weighted by atomic mass is 16.5. The molecule has 1 amide bonds. The number of benzene rings is 1. The van der Waals surface area contributed by atoms with Crippen LogP contribution in [0.15, 0.2) is 16.7 Å². The molecule has 1 aromatic heterocycles. The van der Waals surface area contributed by atoms with Crippen LogP contribution in [0.5, 0.6) is 0 Å². The Bertz CT molecular complexity index is 768. The minimum absolute atomic E-state index is 0.170. The number of aromatic nitrogens is 2. The number of rotatable bonds is 8. The molecule has 0 saturated heterocycles. The van der Waals surface area contributed by atoms with Gasteiger partial charge < -0.3 is 14.9 Å². The monoisotopic (exact) mass is 345 g/mol. The van der Waals surface area contributed by atoms with E-state index in [1.165, 1.54) is 6.07 Å². The summed E-state index contributed by atoms with van der Waals surface area (Å²) in [5, 5.41) is 15.8.